The minimum Gasteiger partial charge on any atom is -0.380 e. The summed E-state index contributed by atoms with van der Waals surface area (Å²) in [5.74, 6) is 0.837. The maximum Gasteiger partial charge on any atom is 0.0670 e. The molecule has 96 valence electrons. The molecule has 0 aromatic rings. The highest BCUT2D eigenvalue weighted by Crippen LogP contribution is 2.12. The first-order valence-corrected chi connectivity index (χ1v) is 6.72. The first kappa shape index (κ1) is 13.9. The van der Waals surface area contributed by atoms with Gasteiger partial charge in [-0.05, 0) is 51.7 Å². The molecular weight excluding hydrogens is 200 g/mol. The maximum atomic E-state index is 5.36. The molecule has 0 aromatic carbocycles. The maximum absolute atomic E-state index is 5.36. The number of nitrogens with one attached hydrogen (secondary N) is 1. The summed E-state index contributed by atoms with van der Waals surface area (Å²) < 4.78 is 5.36. The molecule has 3 heteroatoms. The van der Waals surface area contributed by atoms with Crippen molar-refractivity contribution >= 4 is 0 Å². The van der Waals surface area contributed by atoms with E-state index in [1.54, 1.807) is 7.11 Å². The average Bonchev–Trinajstić information content (AvgIpc) is 2.30. The minimum atomic E-state index is 0.350. The number of hydrogen-bond acceptors (Lipinski definition) is 3. The van der Waals surface area contributed by atoms with Gasteiger partial charge in [0.15, 0.2) is 0 Å². The Hall–Kier alpha value is -0.120. The van der Waals surface area contributed by atoms with Crippen LogP contribution in [0.25, 0.3) is 0 Å². The second-order valence-corrected chi connectivity index (χ2v) is 5.02. The fourth-order valence-corrected chi connectivity index (χ4v) is 2.46. The van der Waals surface area contributed by atoms with E-state index in [4.69, 9.17) is 4.74 Å². The molecule has 3 nitrogen and oxygen atoms in total. The zero-order valence-electron chi connectivity index (χ0n) is 11.2. The van der Waals surface area contributed by atoms with E-state index in [2.05, 4.69) is 24.1 Å². The van der Waals surface area contributed by atoms with Crippen LogP contribution in [0, 0.1) is 5.92 Å². The second kappa shape index (κ2) is 8.04. The molecule has 0 saturated carbocycles. The summed E-state index contributed by atoms with van der Waals surface area (Å²) in [5.41, 5.74) is 0. The third-order valence-electron chi connectivity index (χ3n) is 3.37. The summed E-state index contributed by atoms with van der Waals surface area (Å²) in [7, 11) is 1.80. The molecule has 1 N–H and O–H groups in total. The van der Waals surface area contributed by atoms with E-state index in [9.17, 15) is 0 Å². The van der Waals surface area contributed by atoms with Gasteiger partial charge in [-0.25, -0.2) is 0 Å². The van der Waals surface area contributed by atoms with E-state index in [-0.39, 0.29) is 0 Å². The SMILES string of the molecule is CCCN(CC1CCCNC1)CC(C)OC. The quantitative estimate of drug-likeness (QED) is 0.718. The van der Waals surface area contributed by atoms with Gasteiger partial charge in [0.25, 0.3) is 0 Å². The van der Waals surface area contributed by atoms with Gasteiger partial charge in [-0.2, -0.15) is 0 Å². The van der Waals surface area contributed by atoms with Crippen LogP contribution in [0.1, 0.15) is 33.1 Å². The molecule has 0 spiro atoms. The van der Waals surface area contributed by atoms with Gasteiger partial charge in [0.1, 0.15) is 0 Å². The lowest BCUT2D eigenvalue weighted by Gasteiger charge is -2.31. The predicted octanol–water partition coefficient (Wildman–Crippen LogP) is 1.73. The largest absolute Gasteiger partial charge is 0.380 e. The molecule has 1 heterocycles. The number of hydrogen-bond donors (Lipinski definition) is 1. The Kier molecular flexibility index (Phi) is 7.01. The van der Waals surface area contributed by atoms with Gasteiger partial charge in [-0.1, -0.05) is 6.92 Å². The molecule has 1 aliphatic rings. The van der Waals surface area contributed by atoms with Crippen molar-refractivity contribution < 1.29 is 4.74 Å². The van der Waals surface area contributed by atoms with Crippen LogP contribution in [-0.2, 0) is 4.74 Å². The van der Waals surface area contributed by atoms with Crippen molar-refractivity contribution in [1.29, 1.82) is 0 Å². The van der Waals surface area contributed by atoms with E-state index >= 15 is 0 Å². The van der Waals surface area contributed by atoms with Gasteiger partial charge in [0.2, 0.25) is 0 Å². The summed E-state index contributed by atoms with van der Waals surface area (Å²) in [4.78, 5) is 2.56. The van der Waals surface area contributed by atoms with Crippen LogP contribution >= 0.6 is 0 Å². The summed E-state index contributed by atoms with van der Waals surface area (Å²) in [6, 6.07) is 0. The first-order chi connectivity index (χ1) is 7.76. The van der Waals surface area contributed by atoms with Crippen molar-refractivity contribution in [3.05, 3.63) is 0 Å². The summed E-state index contributed by atoms with van der Waals surface area (Å²) in [6.45, 7) is 10.3. The van der Waals surface area contributed by atoms with Crippen LogP contribution in [0.2, 0.25) is 0 Å². The molecule has 0 radical (unpaired) electrons. The molecule has 1 rings (SSSR count). The van der Waals surface area contributed by atoms with E-state index < -0.39 is 0 Å². The van der Waals surface area contributed by atoms with Crippen molar-refractivity contribution in [1.82, 2.24) is 10.2 Å². The van der Waals surface area contributed by atoms with Gasteiger partial charge < -0.3 is 15.0 Å². The Balaban J connectivity index is 2.30. The van der Waals surface area contributed by atoms with Crippen LogP contribution in [-0.4, -0.2) is 50.8 Å². The fraction of sp³-hybridized carbons (Fsp3) is 1.00. The number of methoxy groups -OCH3 is 1. The molecular formula is C13H28N2O. The molecule has 2 atom stereocenters. The Morgan fingerprint density at radius 3 is 2.88 bits per heavy atom. The summed E-state index contributed by atoms with van der Waals surface area (Å²) in [5, 5.41) is 3.49. The first-order valence-electron chi connectivity index (χ1n) is 6.72. The van der Waals surface area contributed by atoms with Crippen molar-refractivity contribution in [3.63, 3.8) is 0 Å². The molecule has 0 aliphatic carbocycles. The standard InChI is InChI=1S/C13H28N2O/c1-4-8-15(10-12(2)16-3)11-13-6-5-7-14-9-13/h12-14H,4-11H2,1-3H3. The minimum absolute atomic E-state index is 0.350. The van der Waals surface area contributed by atoms with E-state index in [0.717, 1.165) is 12.5 Å². The third kappa shape index (κ3) is 5.28. The van der Waals surface area contributed by atoms with Gasteiger partial charge in [0.05, 0.1) is 6.10 Å². The number of rotatable bonds is 7. The highest BCUT2D eigenvalue weighted by Gasteiger charge is 2.17. The summed E-state index contributed by atoms with van der Waals surface area (Å²) >= 11 is 0. The topological polar surface area (TPSA) is 24.5 Å². The highest BCUT2D eigenvalue weighted by molar-refractivity contribution is 4.74. The second-order valence-electron chi connectivity index (χ2n) is 5.02. The molecule has 1 saturated heterocycles. The van der Waals surface area contributed by atoms with E-state index in [1.807, 2.05) is 0 Å². The van der Waals surface area contributed by atoms with Crippen molar-refractivity contribution in [2.45, 2.75) is 39.2 Å². The molecule has 0 amide bonds. The average molecular weight is 228 g/mol. The van der Waals surface area contributed by atoms with Crippen LogP contribution in [0.4, 0.5) is 0 Å². The fourth-order valence-electron chi connectivity index (χ4n) is 2.46. The Morgan fingerprint density at radius 2 is 2.31 bits per heavy atom. The van der Waals surface area contributed by atoms with Gasteiger partial charge in [-0.3, -0.25) is 0 Å². The Morgan fingerprint density at radius 1 is 1.50 bits per heavy atom. The van der Waals surface area contributed by atoms with E-state index in [0.29, 0.717) is 6.10 Å². The Labute approximate surface area is 101 Å². The highest BCUT2D eigenvalue weighted by atomic mass is 16.5. The molecule has 2 unspecified atom stereocenters. The smallest absolute Gasteiger partial charge is 0.0670 e. The zero-order valence-corrected chi connectivity index (χ0v) is 11.2. The predicted molar refractivity (Wildman–Crippen MR) is 68.8 cm³/mol. The van der Waals surface area contributed by atoms with Crippen LogP contribution in [0.3, 0.4) is 0 Å². The lowest BCUT2D eigenvalue weighted by atomic mass is 9.99. The van der Waals surface area contributed by atoms with Crippen molar-refractivity contribution in [3.8, 4) is 0 Å². The lowest BCUT2D eigenvalue weighted by Crippen LogP contribution is -2.41. The van der Waals surface area contributed by atoms with Crippen LogP contribution in [0.5, 0.6) is 0 Å². The normalized spacial score (nSPS) is 23.6. The van der Waals surface area contributed by atoms with Crippen LogP contribution in [0.15, 0.2) is 0 Å². The van der Waals surface area contributed by atoms with Gasteiger partial charge in [0, 0.05) is 20.2 Å². The lowest BCUT2D eigenvalue weighted by molar-refractivity contribution is 0.0689. The monoisotopic (exact) mass is 228 g/mol. The van der Waals surface area contributed by atoms with Crippen molar-refractivity contribution in [2.75, 3.05) is 39.8 Å². The molecule has 0 bridgehead atoms. The molecule has 0 aromatic heterocycles. The third-order valence-corrected chi connectivity index (χ3v) is 3.37. The summed E-state index contributed by atoms with van der Waals surface area (Å²) in [6.07, 6.45) is 4.30. The van der Waals surface area contributed by atoms with Crippen molar-refractivity contribution in [2.24, 2.45) is 5.92 Å². The van der Waals surface area contributed by atoms with Crippen LogP contribution < -0.4 is 5.32 Å². The number of nitrogens with zero attached hydrogens (tertiary/aromatic N) is 1. The van der Waals surface area contributed by atoms with Gasteiger partial charge >= 0.3 is 0 Å². The molecule has 1 fully saturated rings. The van der Waals surface area contributed by atoms with E-state index in [1.165, 1.54) is 45.4 Å². The van der Waals surface area contributed by atoms with Gasteiger partial charge in [-0.15, -0.1) is 0 Å². The number of piperidine rings is 1. The molecule has 1 aliphatic heterocycles. The zero-order chi connectivity index (χ0) is 11.8. The Bertz CT molecular complexity index is 169. The number of ether oxygens (including phenoxy) is 1. The molecule has 16 heavy (non-hydrogen) atoms.